The molecule has 0 aliphatic heterocycles. The second-order valence-corrected chi connectivity index (χ2v) is 13.8. The van der Waals surface area contributed by atoms with Crippen LogP contribution in [-0.2, 0) is 0 Å². The Kier molecular flexibility index (Phi) is 7.35. The van der Waals surface area contributed by atoms with Gasteiger partial charge in [0, 0.05) is 43.8 Å². The molecule has 7 aromatic carbocycles. The van der Waals surface area contributed by atoms with Crippen molar-refractivity contribution in [2.24, 2.45) is 0 Å². The normalized spacial score (nSPS) is 11.6. The van der Waals surface area contributed by atoms with Crippen LogP contribution in [0, 0.1) is 0 Å². The van der Waals surface area contributed by atoms with E-state index in [1.165, 1.54) is 0 Å². The van der Waals surface area contributed by atoms with Gasteiger partial charge in [0.1, 0.15) is 0 Å². The maximum Gasteiger partial charge on any atom is 0.238 e. The van der Waals surface area contributed by atoms with Gasteiger partial charge in [0.25, 0.3) is 0 Å². The van der Waals surface area contributed by atoms with Gasteiger partial charge in [-0.3, -0.25) is 9.13 Å². The number of hydrogen-bond donors (Lipinski definition) is 0. The van der Waals surface area contributed by atoms with Gasteiger partial charge in [-0.25, -0.2) is 15.0 Å². The predicted octanol–water partition coefficient (Wildman–Crippen LogP) is 11.5. The molecule has 7 heteroatoms. The molecule has 0 atom stereocenters. The molecule has 11 aromatic rings. The van der Waals surface area contributed by atoms with E-state index in [4.69, 9.17) is 24.9 Å². The molecule has 0 saturated carbocycles. The fourth-order valence-corrected chi connectivity index (χ4v) is 7.81. The molecule has 0 radical (unpaired) electrons. The van der Waals surface area contributed by atoms with Crippen LogP contribution in [0.1, 0.15) is 0 Å². The molecule has 0 fully saturated rings. The molecule has 262 valence electrons. The number of fused-ring (bicyclic) bond motifs is 6. The zero-order valence-electron chi connectivity index (χ0n) is 30.0. The minimum Gasteiger partial charge on any atom is -0.278 e. The molecule has 0 aliphatic carbocycles. The van der Waals surface area contributed by atoms with E-state index in [1.54, 1.807) is 0 Å². The van der Waals surface area contributed by atoms with Crippen molar-refractivity contribution in [1.82, 2.24) is 34.1 Å². The van der Waals surface area contributed by atoms with Gasteiger partial charge in [-0.15, -0.1) is 0 Å². The first-order valence-corrected chi connectivity index (χ1v) is 18.6. The Morgan fingerprint density at radius 1 is 0.268 bits per heavy atom. The molecule has 56 heavy (non-hydrogen) atoms. The van der Waals surface area contributed by atoms with E-state index in [9.17, 15) is 0 Å². The summed E-state index contributed by atoms with van der Waals surface area (Å²) in [6.07, 6.45) is 0. The Morgan fingerprint density at radius 2 is 0.643 bits per heavy atom. The van der Waals surface area contributed by atoms with Crippen LogP contribution in [0.15, 0.2) is 188 Å². The highest BCUT2D eigenvalue weighted by atomic mass is 15.2. The number of para-hydroxylation sites is 2. The highest BCUT2D eigenvalue weighted by Gasteiger charge is 2.22. The summed E-state index contributed by atoms with van der Waals surface area (Å²) in [4.78, 5) is 25.9. The molecule has 0 N–H and O–H groups in total. The monoisotopic (exact) mass is 717 g/mol. The van der Waals surface area contributed by atoms with Crippen LogP contribution < -0.4 is 0 Å². The standard InChI is InChI=1S/C49H31N7/c1-5-17-32(18-6-1)40-30-41(33-19-7-2-8-20-33)51-48(50-40)55-42-27-15-13-25-36(42)38-29-39-37-26-14-16-28-43(37)56(45(39)31-44(38)55)49-53-46(34-21-9-3-10-22-34)52-47(54-49)35-23-11-4-12-24-35/h1-31H. The Labute approximate surface area is 321 Å². The molecule has 0 aliphatic rings. The third-order valence-electron chi connectivity index (χ3n) is 10.4. The maximum absolute atomic E-state index is 5.28. The van der Waals surface area contributed by atoms with Crippen LogP contribution in [-0.4, -0.2) is 34.1 Å². The molecular weight excluding hydrogens is 687 g/mol. The molecule has 0 unspecified atom stereocenters. The minimum absolute atomic E-state index is 0.541. The van der Waals surface area contributed by atoms with Crippen LogP contribution in [0.4, 0.5) is 0 Å². The minimum atomic E-state index is 0.541. The highest BCUT2D eigenvalue weighted by Crippen LogP contribution is 2.40. The number of hydrogen-bond acceptors (Lipinski definition) is 5. The Hall–Kier alpha value is -7.77. The smallest absolute Gasteiger partial charge is 0.238 e. The third kappa shape index (κ3) is 5.25. The highest BCUT2D eigenvalue weighted by molar-refractivity contribution is 6.19. The topological polar surface area (TPSA) is 74.3 Å². The van der Waals surface area contributed by atoms with Gasteiger partial charge in [0.05, 0.1) is 33.5 Å². The van der Waals surface area contributed by atoms with Gasteiger partial charge in [-0.1, -0.05) is 158 Å². The average Bonchev–Trinajstić information content (AvgIpc) is 3.78. The molecule has 11 rings (SSSR count). The van der Waals surface area contributed by atoms with Crippen molar-refractivity contribution in [2.45, 2.75) is 0 Å². The summed E-state index contributed by atoms with van der Waals surface area (Å²) in [5.74, 6) is 2.35. The third-order valence-corrected chi connectivity index (χ3v) is 10.4. The molecule has 4 heterocycles. The summed E-state index contributed by atoms with van der Waals surface area (Å²) in [6.45, 7) is 0. The lowest BCUT2D eigenvalue weighted by Crippen LogP contribution is -2.06. The van der Waals surface area contributed by atoms with E-state index in [-0.39, 0.29) is 0 Å². The van der Waals surface area contributed by atoms with Gasteiger partial charge in [0.15, 0.2) is 11.6 Å². The zero-order chi connectivity index (χ0) is 37.0. The lowest BCUT2D eigenvalue weighted by atomic mass is 10.1. The van der Waals surface area contributed by atoms with Crippen molar-refractivity contribution in [3.63, 3.8) is 0 Å². The van der Waals surface area contributed by atoms with Crippen molar-refractivity contribution < 1.29 is 0 Å². The fraction of sp³-hybridized carbons (Fsp3) is 0. The van der Waals surface area contributed by atoms with E-state index in [0.717, 1.165) is 77.3 Å². The van der Waals surface area contributed by atoms with Crippen molar-refractivity contribution >= 4 is 43.6 Å². The number of rotatable bonds is 6. The molecule has 0 bridgehead atoms. The van der Waals surface area contributed by atoms with Gasteiger partial charge < -0.3 is 0 Å². The summed E-state index contributed by atoms with van der Waals surface area (Å²) in [5.41, 5.74) is 9.55. The van der Waals surface area contributed by atoms with E-state index >= 15 is 0 Å². The van der Waals surface area contributed by atoms with Crippen LogP contribution in [0.2, 0.25) is 0 Å². The SMILES string of the molecule is c1ccc(-c2cc(-c3ccccc3)nc(-n3c4ccccc4c4cc5c6ccccc6n(-c6nc(-c7ccccc7)nc(-c7ccccc7)n6)c5cc43)n2)cc1. The molecule has 7 nitrogen and oxygen atoms in total. The lowest BCUT2D eigenvalue weighted by molar-refractivity contribution is 0.953. The van der Waals surface area contributed by atoms with Gasteiger partial charge >= 0.3 is 0 Å². The second-order valence-electron chi connectivity index (χ2n) is 13.8. The molecule has 0 spiro atoms. The summed E-state index contributed by atoms with van der Waals surface area (Å²) in [5, 5.41) is 4.44. The predicted molar refractivity (Wildman–Crippen MR) is 226 cm³/mol. The number of benzene rings is 7. The van der Waals surface area contributed by atoms with Crippen LogP contribution >= 0.6 is 0 Å². The van der Waals surface area contributed by atoms with Gasteiger partial charge in [-0.2, -0.15) is 9.97 Å². The Morgan fingerprint density at radius 3 is 1.09 bits per heavy atom. The summed E-state index contributed by atoms with van der Waals surface area (Å²) in [7, 11) is 0. The van der Waals surface area contributed by atoms with Crippen LogP contribution in [0.5, 0.6) is 0 Å². The van der Waals surface area contributed by atoms with Crippen molar-refractivity contribution in [3.05, 3.63) is 188 Å². The molecular formula is C49H31N7. The first-order valence-electron chi connectivity index (χ1n) is 18.6. The lowest BCUT2D eigenvalue weighted by Gasteiger charge is -2.12. The van der Waals surface area contributed by atoms with Gasteiger partial charge in [0.2, 0.25) is 11.9 Å². The average molecular weight is 718 g/mol. The van der Waals surface area contributed by atoms with E-state index in [1.807, 2.05) is 97.1 Å². The summed E-state index contributed by atoms with van der Waals surface area (Å²) >= 11 is 0. The van der Waals surface area contributed by atoms with Crippen molar-refractivity contribution in [1.29, 1.82) is 0 Å². The molecule has 0 saturated heterocycles. The quantitative estimate of drug-likeness (QED) is 0.171. The van der Waals surface area contributed by atoms with Gasteiger partial charge in [-0.05, 0) is 30.3 Å². The number of nitrogens with zero attached hydrogens (tertiary/aromatic N) is 7. The number of aromatic nitrogens is 7. The maximum atomic E-state index is 5.28. The first kappa shape index (κ1) is 31.7. The summed E-state index contributed by atoms with van der Waals surface area (Å²) in [6, 6.07) is 64.4. The largest absolute Gasteiger partial charge is 0.278 e. The molecule has 4 aromatic heterocycles. The van der Waals surface area contributed by atoms with Crippen LogP contribution in [0.25, 0.3) is 101 Å². The Balaban J connectivity index is 1.23. The van der Waals surface area contributed by atoms with Crippen molar-refractivity contribution in [3.8, 4) is 57.2 Å². The zero-order valence-corrected chi connectivity index (χ0v) is 30.0. The first-order chi connectivity index (χ1) is 27.8. The van der Waals surface area contributed by atoms with E-state index < -0.39 is 0 Å². The van der Waals surface area contributed by atoms with Crippen molar-refractivity contribution in [2.75, 3.05) is 0 Å². The fourth-order valence-electron chi connectivity index (χ4n) is 7.81. The van der Waals surface area contributed by atoms with E-state index in [2.05, 4.69) is 100 Å². The van der Waals surface area contributed by atoms with E-state index in [0.29, 0.717) is 23.5 Å². The Bertz CT molecular complexity index is 2900. The van der Waals surface area contributed by atoms with Crippen LogP contribution in [0.3, 0.4) is 0 Å². The molecule has 0 amide bonds. The summed E-state index contributed by atoms with van der Waals surface area (Å²) < 4.78 is 4.37. The second kappa shape index (κ2) is 13.0.